The maximum absolute atomic E-state index is 13.0. The molecule has 0 aliphatic carbocycles. The minimum Gasteiger partial charge on any atom is -0.468 e. The van der Waals surface area contributed by atoms with Gasteiger partial charge in [0.2, 0.25) is 0 Å². The molecule has 1 unspecified atom stereocenters. The highest BCUT2D eigenvalue weighted by Crippen LogP contribution is 2.44. The molecule has 0 amide bonds. The van der Waals surface area contributed by atoms with Gasteiger partial charge in [0.15, 0.2) is 0 Å². The minimum atomic E-state index is -2.68. The molecule has 2 rings (SSSR count). The highest BCUT2D eigenvalue weighted by Gasteiger charge is 2.37. The van der Waals surface area contributed by atoms with Gasteiger partial charge in [0, 0.05) is 22.1 Å². The fourth-order valence-electron chi connectivity index (χ4n) is 2.38. The predicted octanol–water partition coefficient (Wildman–Crippen LogP) is 4.39. The summed E-state index contributed by atoms with van der Waals surface area (Å²) in [5.74, 6) is -0.834. The SMILES string of the molecule is [2H]c1ccsc1C(c1cccs1)[C@H](NP(=O)(CC)CC)C(=O)OC. The summed E-state index contributed by atoms with van der Waals surface area (Å²) >= 11 is 2.96. The van der Waals surface area contributed by atoms with Crippen LogP contribution in [0.5, 0.6) is 0 Å². The number of ether oxygens (including phenoxy) is 1. The van der Waals surface area contributed by atoms with Gasteiger partial charge < -0.3 is 9.30 Å². The lowest BCUT2D eigenvalue weighted by molar-refractivity contribution is -0.142. The third-order valence-corrected chi connectivity index (χ3v) is 8.45. The normalized spacial score (nSPS) is 15.0. The van der Waals surface area contributed by atoms with Crippen molar-refractivity contribution in [3.8, 4) is 0 Å². The molecular weight excluding hydrogens is 349 g/mol. The van der Waals surface area contributed by atoms with Crippen LogP contribution in [0.25, 0.3) is 0 Å². The number of nitrogens with one attached hydrogen (secondary N) is 1. The first-order chi connectivity index (χ1) is 11.5. The molecule has 2 aromatic heterocycles. The Morgan fingerprint density at radius 2 is 1.96 bits per heavy atom. The van der Waals surface area contributed by atoms with E-state index in [0.29, 0.717) is 18.4 Å². The Labute approximate surface area is 146 Å². The topological polar surface area (TPSA) is 55.4 Å². The molecule has 1 N–H and O–H groups in total. The molecule has 0 aromatic carbocycles. The van der Waals surface area contributed by atoms with Crippen LogP contribution < -0.4 is 5.09 Å². The lowest BCUT2D eigenvalue weighted by Gasteiger charge is -2.28. The van der Waals surface area contributed by atoms with Crippen molar-refractivity contribution in [1.29, 1.82) is 0 Å². The Bertz CT molecular complexity index is 709. The van der Waals surface area contributed by atoms with Gasteiger partial charge in [-0.3, -0.25) is 9.88 Å². The van der Waals surface area contributed by atoms with E-state index in [9.17, 15) is 9.36 Å². The minimum absolute atomic E-state index is 0.378. The number of thiophene rings is 2. The zero-order chi connectivity index (χ0) is 17.7. The molecule has 0 saturated carbocycles. The molecule has 23 heavy (non-hydrogen) atoms. The summed E-state index contributed by atoms with van der Waals surface area (Å²) in [5, 5.41) is 6.87. The average Bonchev–Trinajstić information content (AvgIpc) is 3.26. The zero-order valence-electron chi connectivity index (χ0n) is 14.4. The van der Waals surface area contributed by atoms with Crippen molar-refractivity contribution < 1.29 is 15.5 Å². The molecule has 126 valence electrons. The van der Waals surface area contributed by atoms with Gasteiger partial charge >= 0.3 is 5.97 Å². The number of methoxy groups -OCH3 is 1. The van der Waals surface area contributed by atoms with Crippen LogP contribution in [0.4, 0.5) is 0 Å². The van der Waals surface area contributed by atoms with Crippen molar-refractivity contribution >= 4 is 35.9 Å². The lowest BCUT2D eigenvalue weighted by atomic mass is 9.97. The summed E-state index contributed by atoms with van der Waals surface area (Å²) in [4.78, 5) is 14.2. The lowest BCUT2D eigenvalue weighted by Crippen LogP contribution is -2.41. The van der Waals surface area contributed by atoms with Crippen molar-refractivity contribution in [2.24, 2.45) is 0 Å². The van der Waals surface area contributed by atoms with E-state index in [0.717, 1.165) is 9.75 Å². The van der Waals surface area contributed by atoms with Crippen molar-refractivity contribution in [2.45, 2.75) is 25.8 Å². The summed E-state index contributed by atoms with van der Waals surface area (Å²) in [7, 11) is -1.35. The second kappa shape index (κ2) is 8.25. The smallest absolute Gasteiger partial charge is 0.324 e. The van der Waals surface area contributed by atoms with E-state index in [1.807, 2.05) is 36.7 Å². The van der Waals surface area contributed by atoms with E-state index < -0.39 is 19.3 Å². The summed E-state index contributed by atoms with van der Waals surface area (Å²) in [6.07, 6.45) is 0.929. The monoisotopic (exact) mass is 372 g/mol. The number of rotatable bonds is 8. The van der Waals surface area contributed by atoms with Crippen LogP contribution in [0.15, 0.2) is 35.0 Å². The molecule has 4 nitrogen and oxygen atoms in total. The average molecular weight is 372 g/mol. The van der Waals surface area contributed by atoms with Crippen LogP contribution in [0, 0.1) is 0 Å². The molecule has 0 fully saturated rings. The van der Waals surface area contributed by atoms with Gasteiger partial charge in [-0.2, -0.15) is 0 Å². The highest BCUT2D eigenvalue weighted by atomic mass is 32.1. The van der Waals surface area contributed by atoms with Crippen LogP contribution in [-0.2, 0) is 14.1 Å². The van der Waals surface area contributed by atoms with Crippen LogP contribution in [0.1, 0.15) is 30.9 Å². The summed E-state index contributed by atoms with van der Waals surface area (Å²) < 4.78 is 26.1. The van der Waals surface area contributed by atoms with Crippen molar-refractivity contribution in [1.82, 2.24) is 5.09 Å². The maximum Gasteiger partial charge on any atom is 0.324 e. The molecule has 2 atom stereocenters. The first-order valence-corrected chi connectivity index (χ1v) is 11.3. The second-order valence-corrected chi connectivity index (χ2v) is 10.3. The van der Waals surface area contributed by atoms with Crippen LogP contribution in [-0.4, -0.2) is 31.4 Å². The second-order valence-electron chi connectivity index (χ2n) is 5.07. The molecule has 0 bridgehead atoms. The molecule has 7 heteroatoms. The zero-order valence-corrected chi connectivity index (χ0v) is 16.0. The van der Waals surface area contributed by atoms with Gasteiger partial charge in [0.25, 0.3) is 0 Å². The Kier molecular flexibility index (Phi) is 6.06. The molecule has 2 heterocycles. The quantitative estimate of drug-likeness (QED) is 0.551. The van der Waals surface area contributed by atoms with E-state index >= 15 is 0 Å². The van der Waals surface area contributed by atoms with Crippen molar-refractivity contribution in [3.05, 3.63) is 44.8 Å². The van der Waals surface area contributed by atoms with Gasteiger partial charge in [-0.15, -0.1) is 22.7 Å². The fraction of sp³-hybridized carbons (Fsp3) is 0.438. The molecule has 2 aromatic rings. The fourth-order valence-corrected chi connectivity index (χ4v) is 5.73. The van der Waals surface area contributed by atoms with E-state index in [4.69, 9.17) is 6.11 Å². The van der Waals surface area contributed by atoms with Gasteiger partial charge in [-0.1, -0.05) is 26.0 Å². The van der Waals surface area contributed by atoms with Crippen LogP contribution in [0.3, 0.4) is 0 Å². The summed E-state index contributed by atoms with van der Waals surface area (Å²) in [5.41, 5.74) is 0. The molecule has 0 radical (unpaired) electrons. The molecule has 0 spiro atoms. The number of hydrogen-bond donors (Lipinski definition) is 1. The standard InChI is InChI=1S/C16H22NO3PS2/c1-4-21(19,5-2)17-15(16(18)20-3)14(12-8-6-10-22-12)13-9-7-11-23-13/h6-11,14-15H,4-5H2,1-3H3,(H,17,19)/t15-/m0/s1/i8D/t14?,15-. The summed E-state index contributed by atoms with van der Waals surface area (Å²) in [6.45, 7) is 3.71. The van der Waals surface area contributed by atoms with E-state index in [1.165, 1.54) is 29.8 Å². The maximum atomic E-state index is 13.0. The molecule has 0 aliphatic rings. The van der Waals surface area contributed by atoms with Gasteiger partial charge in [0.05, 0.1) is 14.4 Å². The Morgan fingerprint density at radius 1 is 1.30 bits per heavy atom. The molecule has 0 aliphatic heterocycles. The Morgan fingerprint density at radius 3 is 2.43 bits per heavy atom. The van der Waals surface area contributed by atoms with Crippen molar-refractivity contribution in [2.75, 3.05) is 19.4 Å². The van der Waals surface area contributed by atoms with E-state index in [1.54, 1.807) is 6.07 Å². The van der Waals surface area contributed by atoms with Gasteiger partial charge in [-0.25, -0.2) is 0 Å². The Balaban J connectivity index is 2.51. The molecule has 0 saturated heterocycles. The Hall–Kier alpha value is -0.940. The third kappa shape index (κ3) is 4.32. The first-order valence-electron chi connectivity index (χ1n) is 7.96. The van der Waals surface area contributed by atoms with Gasteiger partial charge in [-0.05, 0) is 22.9 Å². The van der Waals surface area contributed by atoms with Crippen LogP contribution >= 0.6 is 30.0 Å². The molecular formula is C16H22NO3PS2. The van der Waals surface area contributed by atoms with E-state index in [2.05, 4.69) is 5.09 Å². The number of esters is 1. The number of carbonyl (C=O) groups is 1. The highest BCUT2D eigenvalue weighted by molar-refractivity contribution is 7.61. The summed E-state index contributed by atoms with van der Waals surface area (Å²) in [6, 6.07) is 5.18. The van der Waals surface area contributed by atoms with Crippen molar-refractivity contribution in [3.63, 3.8) is 0 Å². The number of carbonyl (C=O) groups excluding carboxylic acids is 1. The third-order valence-electron chi connectivity index (χ3n) is 3.81. The predicted molar refractivity (Wildman–Crippen MR) is 98.1 cm³/mol. The van der Waals surface area contributed by atoms with Gasteiger partial charge in [0.1, 0.15) is 13.3 Å². The first kappa shape index (κ1) is 16.9. The van der Waals surface area contributed by atoms with E-state index in [-0.39, 0.29) is 5.92 Å². The van der Waals surface area contributed by atoms with Crippen LogP contribution in [0.2, 0.25) is 0 Å². The number of hydrogen-bond acceptors (Lipinski definition) is 5. The largest absolute Gasteiger partial charge is 0.468 e.